The van der Waals surface area contributed by atoms with Crippen LogP contribution in [0.1, 0.15) is 48.2 Å². The molecule has 0 unspecified atom stereocenters. The molecule has 0 radical (unpaired) electrons. The highest BCUT2D eigenvalue weighted by Gasteiger charge is 2.29. The highest BCUT2D eigenvalue weighted by molar-refractivity contribution is 5.32. The van der Waals surface area contributed by atoms with E-state index in [2.05, 4.69) is 51.4 Å². The summed E-state index contributed by atoms with van der Waals surface area (Å²) in [6.07, 6.45) is 5.44. The van der Waals surface area contributed by atoms with Crippen molar-refractivity contribution in [2.45, 2.75) is 45.7 Å². The molecule has 2 aromatic heterocycles. The van der Waals surface area contributed by atoms with Crippen molar-refractivity contribution in [3.8, 4) is 5.69 Å². The topological polar surface area (TPSA) is 46.8 Å². The van der Waals surface area contributed by atoms with E-state index in [1.807, 2.05) is 30.8 Å². The quantitative estimate of drug-likeness (QED) is 0.715. The van der Waals surface area contributed by atoms with Gasteiger partial charge in [0.15, 0.2) is 0 Å². The molecule has 1 aliphatic heterocycles. The average molecular weight is 347 g/mol. The number of likely N-dealkylation sites (tertiary alicyclic amines) is 1. The van der Waals surface area contributed by atoms with E-state index in [1.165, 1.54) is 18.4 Å². The van der Waals surface area contributed by atoms with E-state index in [-0.39, 0.29) is 0 Å². The molecule has 3 heterocycles. The monoisotopic (exact) mass is 347 g/mol. The summed E-state index contributed by atoms with van der Waals surface area (Å²) >= 11 is 0. The van der Waals surface area contributed by atoms with Crippen molar-refractivity contribution < 1.29 is 0 Å². The molecule has 1 saturated heterocycles. The van der Waals surface area contributed by atoms with Gasteiger partial charge in [-0.1, -0.05) is 36.8 Å². The lowest BCUT2D eigenvalue weighted by molar-refractivity contribution is 0.132. The molecule has 0 amide bonds. The fraction of sp³-hybridized carbons (Fsp3) is 0.381. The molecule has 1 atom stereocenters. The SMILES string of the molecule is Cc1cc(-n2nc(C)nc2[C@H]2CCCCN2Cc2ccccc2)ccn1. The van der Waals surface area contributed by atoms with Crippen molar-refractivity contribution in [1.82, 2.24) is 24.6 Å². The van der Waals surface area contributed by atoms with Crippen molar-refractivity contribution in [3.05, 3.63) is 71.6 Å². The molecule has 134 valence electrons. The number of aromatic nitrogens is 4. The Labute approximate surface area is 154 Å². The average Bonchev–Trinajstić information content (AvgIpc) is 3.05. The predicted octanol–water partition coefficient (Wildman–Crippen LogP) is 4.01. The third kappa shape index (κ3) is 3.53. The molecule has 4 rings (SSSR count). The number of hydrogen-bond donors (Lipinski definition) is 0. The minimum Gasteiger partial charge on any atom is -0.289 e. The van der Waals surface area contributed by atoms with Gasteiger partial charge in [0.2, 0.25) is 0 Å². The Hall–Kier alpha value is -2.53. The molecule has 5 nitrogen and oxygen atoms in total. The first-order valence-corrected chi connectivity index (χ1v) is 9.35. The number of rotatable bonds is 4. The normalized spacial score (nSPS) is 18.2. The van der Waals surface area contributed by atoms with Crippen LogP contribution in [-0.4, -0.2) is 31.2 Å². The third-order valence-corrected chi connectivity index (χ3v) is 5.00. The maximum atomic E-state index is 4.82. The highest BCUT2D eigenvalue weighted by Crippen LogP contribution is 2.32. The fourth-order valence-corrected chi connectivity index (χ4v) is 3.79. The smallest absolute Gasteiger partial charge is 0.149 e. The van der Waals surface area contributed by atoms with Gasteiger partial charge >= 0.3 is 0 Å². The van der Waals surface area contributed by atoms with Gasteiger partial charge in [-0.3, -0.25) is 9.88 Å². The van der Waals surface area contributed by atoms with Gasteiger partial charge in [0, 0.05) is 18.4 Å². The zero-order chi connectivity index (χ0) is 17.9. The molecule has 26 heavy (non-hydrogen) atoms. The molecule has 1 aromatic carbocycles. The Morgan fingerprint density at radius 3 is 2.73 bits per heavy atom. The van der Waals surface area contributed by atoms with Crippen molar-refractivity contribution >= 4 is 0 Å². The molecule has 0 spiro atoms. The number of benzene rings is 1. The van der Waals surface area contributed by atoms with E-state index in [0.29, 0.717) is 6.04 Å². The lowest BCUT2D eigenvalue weighted by atomic mass is 10.00. The zero-order valence-corrected chi connectivity index (χ0v) is 15.5. The third-order valence-electron chi connectivity index (χ3n) is 5.00. The molecule has 3 aromatic rings. The molecule has 1 fully saturated rings. The molecule has 0 aliphatic carbocycles. The number of piperidine rings is 1. The number of pyridine rings is 1. The van der Waals surface area contributed by atoms with E-state index < -0.39 is 0 Å². The molecular weight excluding hydrogens is 322 g/mol. The van der Waals surface area contributed by atoms with E-state index in [1.54, 1.807) is 0 Å². The summed E-state index contributed by atoms with van der Waals surface area (Å²) in [6.45, 7) is 6.03. The van der Waals surface area contributed by atoms with Gasteiger partial charge in [-0.25, -0.2) is 9.67 Å². The lowest BCUT2D eigenvalue weighted by Gasteiger charge is -2.35. The van der Waals surface area contributed by atoms with Crippen LogP contribution in [0.4, 0.5) is 0 Å². The van der Waals surface area contributed by atoms with E-state index in [4.69, 9.17) is 4.98 Å². The number of hydrogen-bond acceptors (Lipinski definition) is 4. The second kappa shape index (κ2) is 7.38. The maximum absolute atomic E-state index is 4.82. The molecule has 5 heteroatoms. The van der Waals surface area contributed by atoms with Crippen LogP contribution in [0.25, 0.3) is 5.69 Å². The molecule has 0 N–H and O–H groups in total. The number of aryl methyl sites for hydroxylation is 2. The Morgan fingerprint density at radius 1 is 1.08 bits per heavy atom. The number of nitrogens with zero attached hydrogens (tertiary/aromatic N) is 5. The van der Waals surface area contributed by atoms with Crippen molar-refractivity contribution in [1.29, 1.82) is 0 Å². The van der Waals surface area contributed by atoms with Crippen molar-refractivity contribution in [2.75, 3.05) is 6.54 Å². The van der Waals surface area contributed by atoms with Crippen LogP contribution >= 0.6 is 0 Å². The summed E-state index contributed by atoms with van der Waals surface area (Å²) in [5.41, 5.74) is 3.38. The van der Waals surface area contributed by atoms with Gasteiger partial charge in [-0.15, -0.1) is 0 Å². The molecule has 1 aliphatic rings. The van der Waals surface area contributed by atoms with Crippen molar-refractivity contribution in [2.24, 2.45) is 0 Å². The van der Waals surface area contributed by atoms with Crippen LogP contribution in [-0.2, 0) is 6.54 Å². The Morgan fingerprint density at radius 2 is 1.92 bits per heavy atom. The van der Waals surface area contributed by atoms with Crippen LogP contribution in [0.2, 0.25) is 0 Å². The lowest BCUT2D eigenvalue weighted by Crippen LogP contribution is -2.34. The molecule has 0 bridgehead atoms. The highest BCUT2D eigenvalue weighted by atomic mass is 15.4. The summed E-state index contributed by atoms with van der Waals surface area (Å²) in [5, 5.41) is 4.69. The predicted molar refractivity (Wildman–Crippen MR) is 102 cm³/mol. The van der Waals surface area contributed by atoms with Crippen LogP contribution in [0, 0.1) is 13.8 Å². The molecular formula is C21H25N5. The van der Waals surface area contributed by atoms with Gasteiger partial charge in [-0.05, 0) is 50.9 Å². The second-order valence-corrected chi connectivity index (χ2v) is 7.05. The van der Waals surface area contributed by atoms with Gasteiger partial charge in [0.25, 0.3) is 0 Å². The summed E-state index contributed by atoms with van der Waals surface area (Å²) < 4.78 is 2.01. The van der Waals surface area contributed by atoms with Gasteiger partial charge in [-0.2, -0.15) is 5.10 Å². The second-order valence-electron chi connectivity index (χ2n) is 7.05. The summed E-state index contributed by atoms with van der Waals surface area (Å²) in [4.78, 5) is 11.7. The minimum absolute atomic E-state index is 0.290. The summed E-state index contributed by atoms with van der Waals surface area (Å²) in [6, 6.07) is 15.1. The van der Waals surface area contributed by atoms with E-state index >= 15 is 0 Å². The van der Waals surface area contributed by atoms with Gasteiger partial charge < -0.3 is 0 Å². The Balaban J connectivity index is 1.68. The Bertz CT molecular complexity index is 871. The largest absolute Gasteiger partial charge is 0.289 e. The first kappa shape index (κ1) is 16.9. The van der Waals surface area contributed by atoms with Crippen LogP contribution in [0.3, 0.4) is 0 Å². The zero-order valence-electron chi connectivity index (χ0n) is 15.5. The standard InChI is InChI=1S/C21H25N5/c1-16-14-19(11-12-22-16)26-21(23-17(2)24-26)20-10-6-7-13-25(20)15-18-8-4-3-5-9-18/h3-5,8-9,11-12,14,20H,6-7,10,13,15H2,1-2H3/t20-/m1/s1. The summed E-state index contributed by atoms with van der Waals surface area (Å²) in [7, 11) is 0. The van der Waals surface area contributed by atoms with Crippen molar-refractivity contribution in [3.63, 3.8) is 0 Å². The Kier molecular flexibility index (Phi) is 4.80. The van der Waals surface area contributed by atoms with Gasteiger partial charge in [0.05, 0.1) is 11.7 Å². The van der Waals surface area contributed by atoms with Gasteiger partial charge in [0.1, 0.15) is 11.6 Å². The van der Waals surface area contributed by atoms with Crippen LogP contribution in [0.15, 0.2) is 48.7 Å². The van der Waals surface area contributed by atoms with Crippen LogP contribution < -0.4 is 0 Å². The maximum Gasteiger partial charge on any atom is 0.149 e. The first-order valence-electron chi connectivity index (χ1n) is 9.35. The fourth-order valence-electron chi connectivity index (χ4n) is 3.79. The minimum atomic E-state index is 0.290. The first-order chi connectivity index (χ1) is 12.7. The summed E-state index contributed by atoms with van der Waals surface area (Å²) in [5.74, 6) is 1.86. The van der Waals surface area contributed by atoms with Crippen LogP contribution in [0.5, 0.6) is 0 Å². The van der Waals surface area contributed by atoms with E-state index in [9.17, 15) is 0 Å². The van der Waals surface area contributed by atoms with E-state index in [0.717, 1.165) is 42.5 Å². The molecule has 0 saturated carbocycles.